The number of carbonyl (C=O) groups excluding carboxylic acids is 1. The van der Waals surface area contributed by atoms with Crippen molar-refractivity contribution in [3.05, 3.63) is 12.2 Å². The zero-order valence-corrected chi connectivity index (χ0v) is 17.0. The molecule has 0 bridgehead atoms. The second-order valence-corrected chi connectivity index (χ2v) is 7.68. The van der Waals surface area contributed by atoms with Crippen LogP contribution in [0.15, 0.2) is 12.2 Å². The average Bonchev–Trinajstić information content (AvgIpc) is 2.58. The van der Waals surface area contributed by atoms with Gasteiger partial charge in [0.2, 0.25) is 5.91 Å². The van der Waals surface area contributed by atoms with Crippen LogP contribution in [0.5, 0.6) is 0 Å². The fourth-order valence-corrected chi connectivity index (χ4v) is 3.53. The van der Waals surface area contributed by atoms with E-state index in [1.807, 2.05) is 4.90 Å². The van der Waals surface area contributed by atoms with E-state index in [0.717, 1.165) is 19.5 Å². The molecule has 0 aromatic rings. The molecule has 1 saturated heterocycles. The van der Waals surface area contributed by atoms with Gasteiger partial charge in [0, 0.05) is 19.5 Å². The van der Waals surface area contributed by atoms with Crippen molar-refractivity contribution in [3.63, 3.8) is 0 Å². The maximum absolute atomic E-state index is 12.3. The fourth-order valence-electron chi connectivity index (χ4n) is 3.53. The Morgan fingerprint density at radius 3 is 2.00 bits per heavy atom. The first kappa shape index (κ1) is 22.2. The van der Waals surface area contributed by atoms with Gasteiger partial charge in [0.25, 0.3) is 0 Å². The van der Waals surface area contributed by atoms with E-state index in [9.17, 15) is 4.79 Å². The minimum atomic E-state index is 0.174. The number of allylic oxidation sites excluding steroid dienone is 2. The Hall–Kier alpha value is -0.830. The second kappa shape index (κ2) is 14.4. The molecule has 2 unspecified atom stereocenters. The molecule has 0 radical (unpaired) electrons. The Bertz CT molecular complexity index is 357. The maximum Gasteiger partial charge on any atom is 0.222 e. The minimum Gasteiger partial charge on any atom is -0.372 e. The van der Waals surface area contributed by atoms with Crippen molar-refractivity contribution in [2.75, 3.05) is 13.1 Å². The highest BCUT2D eigenvalue weighted by atomic mass is 16.5. The van der Waals surface area contributed by atoms with E-state index in [-0.39, 0.29) is 12.2 Å². The lowest BCUT2D eigenvalue weighted by Crippen LogP contribution is -2.48. The van der Waals surface area contributed by atoms with Gasteiger partial charge >= 0.3 is 0 Å². The summed E-state index contributed by atoms with van der Waals surface area (Å²) in [6, 6.07) is 0. The zero-order chi connectivity index (χ0) is 18.3. The van der Waals surface area contributed by atoms with Crippen molar-refractivity contribution in [1.82, 2.24) is 4.90 Å². The molecule has 25 heavy (non-hydrogen) atoms. The molecule has 1 rings (SSSR count). The summed E-state index contributed by atoms with van der Waals surface area (Å²) in [5, 5.41) is 0. The number of unbranched alkanes of at least 4 members (excludes halogenated alkanes) is 9. The van der Waals surface area contributed by atoms with Gasteiger partial charge in [-0.1, -0.05) is 57.6 Å². The van der Waals surface area contributed by atoms with Crippen molar-refractivity contribution >= 4 is 5.91 Å². The van der Waals surface area contributed by atoms with E-state index < -0.39 is 0 Å². The molecule has 0 aromatic heterocycles. The van der Waals surface area contributed by atoms with Crippen LogP contribution in [0.2, 0.25) is 0 Å². The third kappa shape index (κ3) is 11.4. The Labute approximate surface area is 156 Å². The maximum atomic E-state index is 12.3. The normalized spacial score (nSPS) is 21.2. The molecule has 0 saturated carbocycles. The summed E-state index contributed by atoms with van der Waals surface area (Å²) in [6.45, 7) is 7.88. The summed E-state index contributed by atoms with van der Waals surface area (Å²) >= 11 is 0. The quantitative estimate of drug-likeness (QED) is 0.306. The van der Waals surface area contributed by atoms with Gasteiger partial charge in [-0.05, 0) is 46.0 Å². The smallest absolute Gasteiger partial charge is 0.222 e. The van der Waals surface area contributed by atoms with Gasteiger partial charge in [0.05, 0.1) is 12.2 Å². The largest absolute Gasteiger partial charge is 0.372 e. The lowest BCUT2D eigenvalue weighted by molar-refractivity contribution is -0.143. The Balaban J connectivity index is 1.90. The van der Waals surface area contributed by atoms with Gasteiger partial charge in [0.15, 0.2) is 0 Å². The summed E-state index contributed by atoms with van der Waals surface area (Å²) in [6.07, 6.45) is 19.7. The summed E-state index contributed by atoms with van der Waals surface area (Å²) in [5.41, 5.74) is 0. The topological polar surface area (TPSA) is 29.5 Å². The highest BCUT2D eigenvalue weighted by Crippen LogP contribution is 2.14. The van der Waals surface area contributed by atoms with E-state index in [2.05, 4.69) is 32.9 Å². The predicted molar refractivity (Wildman–Crippen MR) is 107 cm³/mol. The lowest BCUT2D eigenvalue weighted by atomic mass is 10.1. The number of morpholine rings is 1. The number of nitrogens with zero attached hydrogens (tertiary/aromatic N) is 1. The molecule has 1 aliphatic heterocycles. The molecule has 3 nitrogen and oxygen atoms in total. The number of hydrogen-bond donors (Lipinski definition) is 0. The molecule has 1 amide bonds. The number of amides is 1. The van der Waals surface area contributed by atoms with Crippen LogP contribution in [-0.4, -0.2) is 36.1 Å². The van der Waals surface area contributed by atoms with Gasteiger partial charge in [-0.15, -0.1) is 0 Å². The molecule has 3 heteroatoms. The van der Waals surface area contributed by atoms with Crippen LogP contribution in [0, 0.1) is 0 Å². The molecule has 0 N–H and O–H groups in total. The van der Waals surface area contributed by atoms with Crippen LogP contribution < -0.4 is 0 Å². The van der Waals surface area contributed by atoms with Crippen LogP contribution in [0.4, 0.5) is 0 Å². The third-order valence-electron chi connectivity index (χ3n) is 4.92. The molecule has 0 aromatic carbocycles. The Morgan fingerprint density at radius 2 is 1.40 bits per heavy atom. The summed E-state index contributed by atoms with van der Waals surface area (Å²) in [5.74, 6) is 0.315. The molecule has 1 fully saturated rings. The van der Waals surface area contributed by atoms with Crippen LogP contribution in [0.1, 0.15) is 97.8 Å². The monoisotopic (exact) mass is 351 g/mol. The Morgan fingerprint density at radius 1 is 0.880 bits per heavy atom. The van der Waals surface area contributed by atoms with Crippen molar-refractivity contribution in [2.24, 2.45) is 0 Å². The predicted octanol–water partition coefficient (Wildman–Crippen LogP) is 5.88. The number of hydrogen-bond acceptors (Lipinski definition) is 2. The van der Waals surface area contributed by atoms with Gasteiger partial charge < -0.3 is 9.64 Å². The molecule has 2 atom stereocenters. The van der Waals surface area contributed by atoms with Crippen molar-refractivity contribution < 1.29 is 9.53 Å². The van der Waals surface area contributed by atoms with Crippen molar-refractivity contribution in [3.8, 4) is 0 Å². The number of rotatable bonds is 13. The summed E-state index contributed by atoms with van der Waals surface area (Å²) < 4.78 is 5.69. The van der Waals surface area contributed by atoms with E-state index in [0.29, 0.717) is 12.3 Å². The Kier molecular flexibility index (Phi) is 12.8. The van der Waals surface area contributed by atoms with Crippen molar-refractivity contribution in [2.45, 2.75) is 110 Å². The van der Waals surface area contributed by atoms with Gasteiger partial charge in [0.1, 0.15) is 0 Å². The van der Waals surface area contributed by atoms with E-state index in [1.54, 1.807) is 0 Å². The van der Waals surface area contributed by atoms with Crippen LogP contribution in [-0.2, 0) is 9.53 Å². The standard InChI is InChI=1S/C22H41NO2/c1-4-5-6-7-8-9-10-11-12-13-14-15-16-17-22(24)23-18-20(2)25-21(3)19-23/h8-9,20-21H,4-7,10-19H2,1-3H3/b9-8+. The molecule has 0 aliphatic carbocycles. The zero-order valence-electron chi connectivity index (χ0n) is 17.0. The molecular formula is C22H41NO2. The number of ether oxygens (including phenoxy) is 1. The summed E-state index contributed by atoms with van der Waals surface area (Å²) in [7, 11) is 0. The average molecular weight is 352 g/mol. The first-order valence-corrected chi connectivity index (χ1v) is 10.7. The van der Waals surface area contributed by atoms with Crippen LogP contribution >= 0.6 is 0 Å². The highest BCUT2D eigenvalue weighted by Gasteiger charge is 2.25. The van der Waals surface area contributed by atoms with Gasteiger partial charge in [-0.3, -0.25) is 4.79 Å². The van der Waals surface area contributed by atoms with E-state index >= 15 is 0 Å². The molecule has 146 valence electrons. The van der Waals surface area contributed by atoms with Gasteiger partial charge in [-0.2, -0.15) is 0 Å². The molecule has 1 heterocycles. The molecular weight excluding hydrogens is 310 g/mol. The first-order chi connectivity index (χ1) is 12.1. The van der Waals surface area contributed by atoms with E-state index in [1.165, 1.54) is 64.2 Å². The fraction of sp³-hybridized carbons (Fsp3) is 0.864. The molecule has 0 spiro atoms. The van der Waals surface area contributed by atoms with Crippen LogP contribution in [0.3, 0.4) is 0 Å². The first-order valence-electron chi connectivity index (χ1n) is 10.7. The lowest BCUT2D eigenvalue weighted by Gasteiger charge is -2.35. The summed E-state index contributed by atoms with van der Waals surface area (Å²) in [4.78, 5) is 14.2. The van der Waals surface area contributed by atoms with Crippen LogP contribution in [0.25, 0.3) is 0 Å². The second-order valence-electron chi connectivity index (χ2n) is 7.68. The van der Waals surface area contributed by atoms with E-state index in [4.69, 9.17) is 4.74 Å². The van der Waals surface area contributed by atoms with Crippen molar-refractivity contribution in [1.29, 1.82) is 0 Å². The minimum absolute atomic E-state index is 0.174. The molecule has 1 aliphatic rings. The SMILES string of the molecule is CCCCC/C=C/CCCCCCCCC(=O)N1CC(C)OC(C)C1. The van der Waals surface area contributed by atoms with Gasteiger partial charge in [-0.25, -0.2) is 0 Å². The third-order valence-corrected chi connectivity index (χ3v) is 4.92. The highest BCUT2D eigenvalue weighted by molar-refractivity contribution is 5.76. The number of carbonyl (C=O) groups is 1.